The van der Waals surface area contributed by atoms with Gasteiger partial charge in [-0.05, 0) is 58.9 Å². The van der Waals surface area contributed by atoms with Crippen molar-refractivity contribution in [1.82, 2.24) is 15.0 Å². The van der Waals surface area contributed by atoms with Crippen LogP contribution in [0, 0.1) is 6.92 Å². The first-order valence-electron chi connectivity index (χ1n) is 10.9. The number of allylic oxidation sites excluding steroid dienone is 2. The fraction of sp³-hybridized carbons (Fsp3) is 0.259. The summed E-state index contributed by atoms with van der Waals surface area (Å²) in [4.78, 5) is 25.6. The first-order valence-corrected chi connectivity index (χ1v) is 10.9. The van der Waals surface area contributed by atoms with Crippen molar-refractivity contribution in [3.8, 4) is 0 Å². The number of rotatable bonds is 6. The molecule has 166 valence electrons. The third-order valence-electron chi connectivity index (χ3n) is 5.18. The molecule has 1 N–H and O–H groups in total. The smallest absolute Gasteiger partial charge is 0.269 e. The molecule has 5 nitrogen and oxygen atoms in total. The maximum Gasteiger partial charge on any atom is 0.269 e. The quantitative estimate of drug-likeness (QED) is 0.319. The van der Waals surface area contributed by atoms with Crippen LogP contribution in [0.4, 0.5) is 0 Å². The predicted octanol–water partition coefficient (Wildman–Crippen LogP) is 5.51. The lowest BCUT2D eigenvalue weighted by Gasteiger charge is -2.26. The van der Waals surface area contributed by atoms with E-state index in [0.29, 0.717) is 5.56 Å². The van der Waals surface area contributed by atoms with E-state index in [1.807, 2.05) is 51.1 Å². The zero-order valence-corrected chi connectivity index (χ0v) is 19.4. The summed E-state index contributed by atoms with van der Waals surface area (Å²) >= 11 is 0. The zero-order valence-electron chi connectivity index (χ0n) is 19.4. The Hall–Kier alpha value is -3.60. The summed E-state index contributed by atoms with van der Waals surface area (Å²) in [6.45, 7) is 10.6. The van der Waals surface area contributed by atoms with Gasteiger partial charge in [0.15, 0.2) is 0 Å². The number of aryl methyl sites for hydroxylation is 1. The van der Waals surface area contributed by atoms with Crippen molar-refractivity contribution in [1.29, 1.82) is 0 Å². The van der Waals surface area contributed by atoms with E-state index in [9.17, 15) is 9.59 Å². The van der Waals surface area contributed by atoms with Gasteiger partial charge in [0.2, 0.25) is 0 Å². The van der Waals surface area contributed by atoms with Crippen LogP contribution in [0.15, 0.2) is 72.5 Å². The molecule has 0 spiro atoms. The van der Waals surface area contributed by atoms with Gasteiger partial charge in [-0.1, -0.05) is 47.5 Å². The summed E-state index contributed by atoms with van der Waals surface area (Å²) in [7, 11) is 0. The number of para-hydroxylation sites is 1. The molecule has 0 saturated carbocycles. The van der Waals surface area contributed by atoms with E-state index in [1.165, 1.54) is 16.7 Å². The van der Waals surface area contributed by atoms with Gasteiger partial charge in [-0.2, -0.15) is 0 Å². The highest BCUT2D eigenvalue weighted by Gasteiger charge is 2.18. The number of nitrogens with one attached hydrogen (secondary N) is 1. The van der Waals surface area contributed by atoms with Crippen molar-refractivity contribution in [2.45, 2.75) is 47.2 Å². The molecule has 3 rings (SSSR count). The molecular weight excluding hydrogens is 398 g/mol. The number of fused-ring (bicyclic) bond motifs is 1. The molecule has 1 aromatic heterocycles. The Kier molecular flexibility index (Phi) is 7.31. The lowest BCUT2D eigenvalue weighted by molar-refractivity contribution is -0.130. The molecule has 2 aromatic carbocycles. The molecule has 0 bridgehead atoms. The number of hydrogen-bond acceptors (Lipinski definition) is 2. The number of hydrogen-bond donors (Lipinski definition) is 1. The molecule has 1 heterocycles. The number of carbonyl (C=O) groups is 2. The van der Waals surface area contributed by atoms with Crippen molar-refractivity contribution in [3.05, 3.63) is 89.1 Å². The standard InChI is InChI=1S/C27H31N3O2/c1-19(2)15-16-29-18-23(24-11-6-7-12-25(24)29)13-14-26(31)30(20(3)4)28-27(32)22-10-8-9-21(5)17-22/h6-15,17-18,20H,16H2,1-5H3,(H,28,32). The van der Waals surface area contributed by atoms with Crippen molar-refractivity contribution >= 4 is 28.8 Å². The summed E-state index contributed by atoms with van der Waals surface area (Å²) in [5.41, 5.74) is 7.60. The first kappa shape index (κ1) is 23.1. The number of hydrazine groups is 1. The largest absolute Gasteiger partial charge is 0.343 e. The van der Waals surface area contributed by atoms with Crippen LogP contribution in [0.3, 0.4) is 0 Å². The van der Waals surface area contributed by atoms with Gasteiger partial charge >= 0.3 is 0 Å². The van der Waals surface area contributed by atoms with E-state index in [2.05, 4.69) is 48.2 Å². The molecular formula is C27H31N3O2. The minimum Gasteiger partial charge on any atom is -0.343 e. The molecule has 0 radical (unpaired) electrons. The summed E-state index contributed by atoms with van der Waals surface area (Å²) < 4.78 is 2.17. The van der Waals surface area contributed by atoms with E-state index >= 15 is 0 Å². The monoisotopic (exact) mass is 429 g/mol. The zero-order chi connectivity index (χ0) is 23.3. The van der Waals surface area contributed by atoms with E-state index in [4.69, 9.17) is 0 Å². The molecule has 0 unspecified atom stereocenters. The van der Waals surface area contributed by atoms with Gasteiger partial charge in [-0.15, -0.1) is 0 Å². The molecule has 32 heavy (non-hydrogen) atoms. The van der Waals surface area contributed by atoms with E-state index < -0.39 is 0 Å². The maximum atomic E-state index is 13.0. The predicted molar refractivity (Wildman–Crippen MR) is 131 cm³/mol. The lowest BCUT2D eigenvalue weighted by atomic mass is 10.1. The Morgan fingerprint density at radius 1 is 1.09 bits per heavy atom. The van der Waals surface area contributed by atoms with Crippen molar-refractivity contribution in [3.63, 3.8) is 0 Å². The van der Waals surface area contributed by atoms with Gasteiger partial charge in [0.05, 0.1) is 0 Å². The second kappa shape index (κ2) is 10.1. The Morgan fingerprint density at radius 2 is 1.84 bits per heavy atom. The highest BCUT2D eigenvalue weighted by atomic mass is 16.2. The van der Waals surface area contributed by atoms with Gasteiger partial charge in [-0.3, -0.25) is 15.0 Å². The third kappa shape index (κ3) is 5.55. The average molecular weight is 430 g/mol. The summed E-state index contributed by atoms with van der Waals surface area (Å²) in [6, 6.07) is 15.2. The van der Waals surface area contributed by atoms with Gasteiger partial charge < -0.3 is 4.57 Å². The van der Waals surface area contributed by atoms with Crippen LogP contribution < -0.4 is 5.43 Å². The fourth-order valence-corrected chi connectivity index (χ4v) is 3.48. The van der Waals surface area contributed by atoms with Crippen LogP contribution in [-0.2, 0) is 11.3 Å². The Bertz CT molecular complexity index is 1180. The minimum absolute atomic E-state index is 0.195. The Balaban J connectivity index is 1.82. The second-order valence-corrected chi connectivity index (χ2v) is 8.48. The SMILES string of the molecule is CC(C)=CCn1cc(C=CC(=O)N(NC(=O)c2cccc(C)c2)C(C)C)c2ccccc21. The van der Waals surface area contributed by atoms with Crippen LogP contribution in [-0.4, -0.2) is 27.4 Å². The fourth-order valence-electron chi connectivity index (χ4n) is 3.48. The molecule has 5 heteroatoms. The highest BCUT2D eigenvalue weighted by molar-refractivity contribution is 5.99. The van der Waals surface area contributed by atoms with Crippen LogP contribution in [0.1, 0.15) is 49.2 Å². The van der Waals surface area contributed by atoms with E-state index in [0.717, 1.165) is 28.6 Å². The van der Waals surface area contributed by atoms with Gasteiger partial charge in [-0.25, -0.2) is 5.01 Å². The summed E-state index contributed by atoms with van der Waals surface area (Å²) in [5.74, 6) is -0.579. The maximum absolute atomic E-state index is 13.0. The van der Waals surface area contributed by atoms with Crippen LogP contribution in [0.5, 0.6) is 0 Å². The number of nitrogens with zero attached hydrogens (tertiary/aromatic N) is 2. The molecule has 3 aromatic rings. The highest BCUT2D eigenvalue weighted by Crippen LogP contribution is 2.23. The summed E-state index contributed by atoms with van der Waals surface area (Å²) in [5, 5.41) is 2.45. The van der Waals surface area contributed by atoms with Crippen molar-refractivity contribution < 1.29 is 9.59 Å². The van der Waals surface area contributed by atoms with Crippen molar-refractivity contribution in [2.24, 2.45) is 0 Å². The third-order valence-corrected chi connectivity index (χ3v) is 5.18. The first-order chi connectivity index (χ1) is 15.3. The van der Waals surface area contributed by atoms with Crippen LogP contribution in [0.25, 0.3) is 17.0 Å². The van der Waals surface area contributed by atoms with Gasteiger partial charge in [0.1, 0.15) is 0 Å². The second-order valence-electron chi connectivity index (χ2n) is 8.48. The van der Waals surface area contributed by atoms with E-state index in [-0.39, 0.29) is 17.9 Å². The molecule has 0 fully saturated rings. The Morgan fingerprint density at radius 3 is 2.53 bits per heavy atom. The molecule has 0 aliphatic carbocycles. The molecule has 0 aliphatic rings. The minimum atomic E-state index is -0.303. The van der Waals surface area contributed by atoms with Gasteiger partial charge in [0, 0.05) is 46.9 Å². The van der Waals surface area contributed by atoms with Crippen LogP contribution >= 0.6 is 0 Å². The van der Waals surface area contributed by atoms with Crippen LogP contribution in [0.2, 0.25) is 0 Å². The van der Waals surface area contributed by atoms with E-state index in [1.54, 1.807) is 12.1 Å². The number of aromatic nitrogens is 1. The molecule has 0 aliphatic heterocycles. The Labute approximate surface area is 190 Å². The van der Waals surface area contributed by atoms with Gasteiger partial charge in [0.25, 0.3) is 11.8 Å². The number of benzene rings is 2. The summed E-state index contributed by atoms with van der Waals surface area (Å²) in [6.07, 6.45) is 7.56. The molecule has 0 saturated heterocycles. The molecule has 0 atom stereocenters. The topological polar surface area (TPSA) is 54.3 Å². The number of amides is 2. The van der Waals surface area contributed by atoms with Crippen molar-refractivity contribution in [2.75, 3.05) is 0 Å². The average Bonchev–Trinajstić information content (AvgIpc) is 3.11. The molecule has 2 amide bonds. The number of carbonyl (C=O) groups excluding carboxylic acids is 2. The normalized spacial score (nSPS) is 11.2. The lowest BCUT2D eigenvalue weighted by Crippen LogP contribution is -2.49.